The van der Waals surface area contributed by atoms with Crippen LogP contribution >= 0.6 is 0 Å². The quantitative estimate of drug-likeness (QED) is 0.251. The summed E-state index contributed by atoms with van der Waals surface area (Å²) in [5, 5.41) is 19.5. The van der Waals surface area contributed by atoms with Gasteiger partial charge < -0.3 is 10.2 Å². The molecule has 2 N–H and O–H groups in total. The standard InChI is InChI=1S/C35H48O4.C3H6.C2H6.C2H2/c1-32(2)25(23-8-5-7-22(21-23)10-13-30(36)37)14-18-34(4)28(32)16-19-33(3)26-15-20-35(31(38)39)17-6-9-27(35)24(26)11-12-29(33)34;1-3-2;2*1-2/h5,7-8,14,21,24,26-29H,6,9-13,15-20H2,1-4H3,(H,36,37)(H,38,39);3H,1H2,2H3;1-2H3;1-2H/t24-,26?,27?,28?,29?,33-,34-,35-;;;/m0.../s1. The summed E-state index contributed by atoms with van der Waals surface area (Å²) in [5.41, 5.74) is 3.98. The fraction of sp³-hybridized carbons (Fsp3) is 0.667. The summed E-state index contributed by atoms with van der Waals surface area (Å²) in [6.07, 6.45) is 24.2. The van der Waals surface area contributed by atoms with Crippen LogP contribution in [0.25, 0.3) is 5.57 Å². The van der Waals surface area contributed by atoms with Gasteiger partial charge in [0.1, 0.15) is 0 Å². The maximum atomic E-state index is 12.5. The number of fused-ring (bicyclic) bond motifs is 7. The van der Waals surface area contributed by atoms with Gasteiger partial charge in [0.2, 0.25) is 0 Å². The van der Waals surface area contributed by atoms with Crippen molar-refractivity contribution >= 4 is 17.5 Å². The summed E-state index contributed by atoms with van der Waals surface area (Å²) >= 11 is 0. The van der Waals surface area contributed by atoms with Crippen molar-refractivity contribution in [2.45, 2.75) is 126 Å². The fourth-order valence-corrected chi connectivity index (χ4v) is 11.8. The molecule has 0 aromatic heterocycles. The molecule has 4 saturated carbocycles. The number of terminal acetylenes is 1. The minimum atomic E-state index is -0.743. The lowest BCUT2D eigenvalue weighted by Crippen LogP contribution is -2.61. The van der Waals surface area contributed by atoms with Crippen LogP contribution in [-0.2, 0) is 16.0 Å². The van der Waals surface area contributed by atoms with Gasteiger partial charge in [-0.25, -0.2) is 0 Å². The number of aliphatic carboxylic acids is 2. The van der Waals surface area contributed by atoms with Crippen molar-refractivity contribution in [3.63, 3.8) is 0 Å². The molecule has 0 heterocycles. The van der Waals surface area contributed by atoms with E-state index in [-0.39, 0.29) is 17.3 Å². The summed E-state index contributed by atoms with van der Waals surface area (Å²) in [6.45, 7) is 19.4. The molecule has 4 fully saturated rings. The lowest BCUT2D eigenvalue weighted by molar-refractivity contribution is -0.187. The first-order valence-corrected chi connectivity index (χ1v) is 18.0. The largest absolute Gasteiger partial charge is 0.481 e. The highest BCUT2D eigenvalue weighted by Gasteiger charge is 2.66. The van der Waals surface area contributed by atoms with E-state index < -0.39 is 17.4 Å². The van der Waals surface area contributed by atoms with Crippen LogP contribution in [-0.4, -0.2) is 22.2 Å². The topological polar surface area (TPSA) is 74.6 Å². The summed E-state index contributed by atoms with van der Waals surface area (Å²) in [5.74, 6) is 1.69. The highest BCUT2D eigenvalue weighted by Crippen LogP contribution is 2.73. The second-order valence-electron chi connectivity index (χ2n) is 15.5. The van der Waals surface area contributed by atoms with E-state index in [9.17, 15) is 14.7 Å². The number of benzene rings is 1. The maximum absolute atomic E-state index is 12.5. The Morgan fingerprint density at radius 2 is 1.59 bits per heavy atom. The zero-order valence-electron chi connectivity index (χ0n) is 29.9. The molecular formula is C42H62O4. The van der Waals surface area contributed by atoms with Crippen molar-refractivity contribution in [1.29, 1.82) is 0 Å². The Labute approximate surface area is 280 Å². The average molecular weight is 631 g/mol. The number of carbonyl (C=O) groups is 2. The number of carboxylic acid groups (broad SMARTS) is 2. The molecule has 5 aliphatic carbocycles. The van der Waals surface area contributed by atoms with Gasteiger partial charge >= 0.3 is 11.9 Å². The third kappa shape index (κ3) is 6.37. The molecule has 4 unspecified atom stereocenters. The Kier molecular flexibility index (Phi) is 12.2. The number of hydrogen-bond donors (Lipinski definition) is 2. The molecule has 0 saturated heterocycles. The first kappa shape index (κ1) is 37.7. The van der Waals surface area contributed by atoms with E-state index in [1.165, 1.54) is 36.8 Å². The van der Waals surface area contributed by atoms with Crippen molar-refractivity contribution in [1.82, 2.24) is 0 Å². The number of hydrogen-bond acceptors (Lipinski definition) is 2. The second-order valence-corrected chi connectivity index (χ2v) is 15.5. The summed E-state index contributed by atoms with van der Waals surface area (Å²) < 4.78 is 0. The van der Waals surface area contributed by atoms with Crippen LogP contribution in [0.15, 0.2) is 43.0 Å². The van der Waals surface area contributed by atoms with Gasteiger partial charge in [-0.05, 0) is 134 Å². The van der Waals surface area contributed by atoms with Gasteiger partial charge in [-0.2, -0.15) is 0 Å². The molecule has 254 valence electrons. The van der Waals surface area contributed by atoms with E-state index in [1.807, 2.05) is 20.8 Å². The molecule has 5 aliphatic rings. The van der Waals surface area contributed by atoms with Crippen LogP contribution in [0.1, 0.15) is 130 Å². The number of allylic oxidation sites excluding steroid dienone is 3. The van der Waals surface area contributed by atoms with Crippen molar-refractivity contribution in [2.75, 3.05) is 0 Å². The van der Waals surface area contributed by atoms with Crippen molar-refractivity contribution in [3.05, 3.63) is 54.1 Å². The van der Waals surface area contributed by atoms with Gasteiger partial charge in [0.25, 0.3) is 0 Å². The van der Waals surface area contributed by atoms with Crippen molar-refractivity contribution < 1.29 is 19.8 Å². The van der Waals surface area contributed by atoms with Crippen LogP contribution < -0.4 is 0 Å². The van der Waals surface area contributed by atoms with E-state index in [4.69, 9.17) is 5.11 Å². The van der Waals surface area contributed by atoms with Gasteiger partial charge in [-0.15, -0.1) is 19.4 Å². The van der Waals surface area contributed by atoms with E-state index in [1.54, 1.807) is 6.08 Å². The van der Waals surface area contributed by atoms with Crippen molar-refractivity contribution in [2.24, 2.45) is 51.2 Å². The predicted molar refractivity (Wildman–Crippen MR) is 191 cm³/mol. The smallest absolute Gasteiger partial charge is 0.309 e. The summed E-state index contributed by atoms with van der Waals surface area (Å²) in [6, 6.07) is 8.61. The molecule has 8 atom stereocenters. The first-order chi connectivity index (χ1) is 21.8. The highest BCUT2D eigenvalue weighted by atomic mass is 16.4. The number of rotatable bonds is 5. The normalized spacial score (nSPS) is 36.4. The Morgan fingerprint density at radius 1 is 0.913 bits per heavy atom. The Balaban J connectivity index is 0.000000765. The molecule has 6 rings (SSSR count). The fourth-order valence-electron chi connectivity index (χ4n) is 11.8. The third-order valence-corrected chi connectivity index (χ3v) is 13.4. The summed E-state index contributed by atoms with van der Waals surface area (Å²) in [4.78, 5) is 23.7. The van der Waals surface area contributed by atoms with E-state index in [0.29, 0.717) is 41.4 Å². The Bertz CT molecular complexity index is 1290. The first-order valence-electron chi connectivity index (χ1n) is 18.0. The minimum Gasteiger partial charge on any atom is -0.481 e. The maximum Gasteiger partial charge on any atom is 0.309 e. The third-order valence-electron chi connectivity index (χ3n) is 13.4. The lowest BCUT2D eigenvalue weighted by atomic mass is 9.36. The van der Waals surface area contributed by atoms with Crippen LogP contribution in [0.2, 0.25) is 0 Å². The van der Waals surface area contributed by atoms with Gasteiger partial charge in [0.05, 0.1) is 5.41 Å². The highest BCUT2D eigenvalue weighted by molar-refractivity contribution is 5.76. The molecule has 0 aliphatic heterocycles. The van der Waals surface area contributed by atoms with E-state index in [2.05, 4.69) is 77.5 Å². The zero-order valence-corrected chi connectivity index (χ0v) is 29.9. The molecule has 0 bridgehead atoms. The Hall–Kier alpha value is -2.80. The lowest BCUT2D eigenvalue weighted by Gasteiger charge is -2.68. The van der Waals surface area contributed by atoms with Gasteiger partial charge in [-0.3, -0.25) is 9.59 Å². The van der Waals surface area contributed by atoms with E-state index in [0.717, 1.165) is 44.1 Å². The predicted octanol–water partition coefficient (Wildman–Crippen LogP) is 10.7. The minimum absolute atomic E-state index is 0.0487. The molecule has 1 aromatic carbocycles. The number of carboxylic acids is 2. The molecule has 4 nitrogen and oxygen atoms in total. The van der Waals surface area contributed by atoms with Crippen LogP contribution in [0.3, 0.4) is 0 Å². The summed E-state index contributed by atoms with van der Waals surface area (Å²) in [7, 11) is 0. The molecular weight excluding hydrogens is 568 g/mol. The molecule has 4 heteroatoms. The molecule has 0 radical (unpaired) electrons. The van der Waals surface area contributed by atoms with Gasteiger partial charge in [-0.1, -0.05) is 84.4 Å². The molecule has 0 spiro atoms. The van der Waals surface area contributed by atoms with Crippen LogP contribution in [0.4, 0.5) is 0 Å². The molecule has 46 heavy (non-hydrogen) atoms. The number of aryl methyl sites for hydroxylation is 1. The SMILES string of the molecule is C#C.C=CC.CC.CC1(C)C(c2cccc(CCC(=O)O)c2)=CC[C@@]2(C)C1CC[C@@]1(C)C3CC[C@@]4(C(=O)O)CCCC4[C@H]3CCC12. The second kappa shape index (κ2) is 15.0. The van der Waals surface area contributed by atoms with E-state index >= 15 is 0 Å². The molecule has 1 aromatic rings. The average Bonchev–Trinajstić information content (AvgIpc) is 3.48. The van der Waals surface area contributed by atoms with Crippen molar-refractivity contribution in [3.8, 4) is 12.8 Å². The van der Waals surface area contributed by atoms with Crippen LogP contribution in [0, 0.1) is 64.1 Å². The van der Waals surface area contributed by atoms with Gasteiger partial charge in [0.15, 0.2) is 0 Å². The molecule has 0 amide bonds. The Morgan fingerprint density at radius 3 is 2.22 bits per heavy atom. The zero-order chi connectivity index (χ0) is 34.5. The van der Waals surface area contributed by atoms with Crippen LogP contribution in [0.5, 0.6) is 0 Å². The van der Waals surface area contributed by atoms with Gasteiger partial charge in [0, 0.05) is 6.42 Å². The monoisotopic (exact) mass is 630 g/mol.